The van der Waals surface area contributed by atoms with Crippen molar-refractivity contribution in [3.63, 3.8) is 0 Å². The fourth-order valence-corrected chi connectivity index (χ4v) is 2.42. The van der Waals surface area contributed by atoms with Crippen molar-refractivity contribution in [2.24, 2.45) is 0 Å². The molecule has 4 heteroatoms. The van der Waals surface area contributed by atoms with Gasteiger partial charge in [-0.3, -0.25) is 0 Å². The third kappa shape index (κ3) is 2.78. The van der Waals surface area contributed by atoms with Gasteiger partial charge >= 0.3 is 0 Å². The highest BCUT2D eigenvalue weighted by molar-refractivity contribution is 6.22. The Balaban J connectivity index is 2.43. The van der Waals surface area contributed by atoms with E-state index >= 15 is 0 Å². The Labute approximate surface area is 122 Å². The van der Waals surface area contributed by atoms with Crippen molar-refractivity contribution in [3.8, 4) is 5.75 Å². The van der Waals surface area contributed by atoms with Crippen LogP contribution in [-0.4, -0.2) is 7.11 Å². The van der Waals surface area contributed by atoms with Crippen molar-refractivity contribution < 1.29 is 13.5 Å². The molecule has 1 atom stereocenters. The van der Waals surface area contributed by atoms with E-state index in [0.717, 1.165) is 22.9 Å². The van der Waals surface area contributed by atoms with E-state index in [1.807, 2.05) is 13.0 Å². The minimum atomic E-state index is -0.668. The van der Waals surface area contributed by atoms with E-state index in [2.05, 4.69) is 0 Å². The van der Waals surface area contributed by atoms with Crippen LogP contribution in [0.15, 0.2) is 30.3 Å². The van der Waals surface area contributed by atoms with Crippen molar-refractivity contribution in [2.75, 3.05) is 7.11 Å². The first kappa shape index (κ1) is 14.8. The molecule has 2 aromatic carbocycles. The topological polar surface area (TPSA) is 9.23 Å². The van der Waals surface area contributed by atoms with E-state index in [-0.39, 0.29) is 5.56 Å². The van der Waals surface area contributed by atoms with Crippen molar-refractivity contribution in [1.29, 1.82) is 0 Å². The van der Waals surface area contributed by atoms with Crippen molar-refractivity contribution in [3.05, 3.63) is 64.2 Å². The first-order chi connectivity index (χ1) is 9.43. The van der Waals surface area contributed by atoms with Crippen molar-refractivity contribution in [2.45, 2.75) is 19.2 Å². The van der Waals surface area contributed by atoms with E-state index in [1.54, 1.807) is 26.2 Å². The molecule has 0 heterocycles. The molecular formula is C16H15ClF2O. The standard InChI is InChI=1S/C16H15ClF2O/c1-9-7-12(14(19)8-13(9)18)16(17)11-4-5-15(20-3)10(2)6-11/h4-8,16H,1-3H3. The SMILES string of the molecule is COc1ccc(C(Cl)c2cc(C)c(F)cc2F)cc1C. The minimum absolute atomic E-state index is 0.273. The molecule has 0 aliphatic heterocycles. The first-order valence-electron chi connectivity index (χ1n) is 6.18. The summed E-state index contributed by atoms with van der Waals surface area (Å²) in [7, 11) is 1.59. The molecule has 20 heavy (non-hydrogen) atoms. The summed E-state index contributed by atoms with van der Waals surface area (Å²) < 4.78 is 32.3. The molecule has 0 amide bonds. The molecule has 0 radical (unpaired) electrons. The highest BCUT2D eigenvalue weighted by Gasteiger charge is 2.18. The lowest BCUT2D eigenvalue weighted by Gasteiger charge is -2.14. The van der Waals surface area contributed by atoms with Crippen LogP contribution in [0.3, 0.4) is 0 Å². The van der Waals surface area contributed by atoms with Gasteiger partial charge in [0.05, 0.1) is 12.5 Å². The van der Waals surface area contributed by atoms with Crippen LogP contribution >= 0.6 is 11.6 Å². The average molecular weight is 297 g/mol. The third-order valence-electron chi connectivity index (χ3n) is 3.26. The van der Waals surface area contributed by atoms with Crippen LogP contribution in [-0.2, 0) is 0 Å². The summed E-state index contributed by atoms with van der Waals surface area (Å²) in [5.41, 5.74) is 2.30. The van der Waals surface area contributed by atoms with Crippen molar-refractivity contribution in [1.82, 2.24) is 0 Å². The van der Waals surface area contributed by atoms with Crippen LogP contribution in [0, 0.1) is 25.5 Å². The molecule has 2 aromatic rings. The van der Waals surface area contributed by atoms with Gasteiger partial charge in [0.2, 0.25) is 0 Å². The van der Waals surface area contributed by atoms with E-state index in [1.165, 1.54) is 6.07 Å². The van der Waals surface area contributed by atoms with Crippen LogP contribution in [0.4, 0.5) is 8.78 Å². The highest BCUT2D eigenvalue weighted by Crippen LogP contribution is 2.33. The predicted octanol–water partition coefficient (Wildman–Crippen LogP) is 4.92. The van der Waals surface area contributed by atoms with Crippen LogP contribution in [0.1, 0.15) is 27.6 Å². The molecule has 0 N–H and O–H groups in total. The summed E-state index contributed by atoms with van der Waals surface area (Å²) in [5.74, 6) is -0.462. The summed E-state index contributed by atoms with van der Waals surface area (Å²) in [4.78, 5) is 0. The Kier molecular flexibility index (Phi) is 4.29. The second-order valence-electron chi connectivity index (χ2n) is 4.71. The van der Waals surface area contributed by atoms with Crippen LogP contribution in [0.25, 0.3) is 0 Å². The molecule has 0 saturated heterocycles. The molecule has 0 aliphatic rings. The van der Waals surface area contributed by atoms with Gasteiger partial charge in [0, 0.05) is 11.6 Å². The van der Waals surface area contributed by atoms with Gasteiger partial charge in [-0.15, -0.1) is 11.6 Å². The second kappa shape index (κ2) is 5.80. The number of aryl methyl sites for hydroxylation is 2. The quantitative estimate of drug-likeness (QED) is 0.731. The maximum absolute atomic E-state index is 13.9. The largest absolute Gasteiger partial charge is 0.496 e. The van der Waals surface area contributed by atoms with Gasteiger partial charge in [-0.25, -0.2) is 8.78 Å². The number of hydrogen-bond donors (Lipinski definition) is 0. The number of ether oxygens (including phenoxy) is 1. The zero-order chi connectivity index (χ0) is 14.9. The monoisotopic (exact) mass is 296 g/mol. The maximum atomic E-state index is 13.9. The zero-order valence-corrected chi connectivity index (χ0v) is 12.3. The van der Waals surface area contributed by atoms with E-state index in [0.29, 0.717) is 5.56 Å². The number of benzene rings is 2. The molecule has 1 unspecified atom stereocenters. The first-order valence-corrected chi connectivity index (χ1v) is 6.62. The van der Waals surface area contributed by atoms with Gasteiger partial charge in [-0.05, 0) is 42.7 Å². The van der Waals surface area contributed by atoms with Gasteiger partial charge in [0.25, 0.3) is 0 Å². The Bertz CT molecular complexity index is 641. The molecule has 1 nitrogen and oxygen atoms in total. The fraction of sp³-hybridized carbons (Fsp3) is 0.250. The number of methoxy groups -OCH3 is 1. The molecule has 0 fully saturated rings. The number of halogens is 3. The lowest BCUT2D eigenvalue weighted by molar-refractivity contribution is 0.411. The molecule has 0 aromatic heterocycles. The maximum Gasteiger partial charge on any atom is 0.131 e. The minimum Gasteiger partial charge on any atom is -0.496 e. The Morgan fingerprint density at radius 1 is 1.00 bits per heavy atom. The second-order valence-corrected chi connectivity index (χ2v) is 5.15. The number of hydrogen-bond acceptors (Lipinski definition) is 1. The summed E-state index contributed by atoms with van der Waals surface area (Å²) in [5, 5.41) is -0.668. The fourth-order valence-electron chi connectivity index (χ4n) is 2.11. The van der Waals surface area contributed by atoms with Crippen LogP contribution in [0.2, 0.25) is 0 Å². The number of rotatable bonds is 3. The Morgan fingerprint density at radius 3 is 2.30 bits per heavy atom. The smallest absolute Gasteiger partial charge is 0.131 e. The molecule has 0 saturated carbocycles. The highest BCUT2D eigenvalue weighted by atomic mass is 35.5. The van der Waals surface area contributed by atoms with Crippen LogP contribution in [0.5, 0.6) is 5.75 Å². The normalized spacial score (nSPS) is 12.3. The summed E-state index contributed by atoms with van der Waals surface area (Å²) in [6.45, 7) is 3.47. The lowest BCUT2D eigenvalue weighted by Crippen LogP contribution is -2.00. The third-order valence-corrected chi connectivity index (χ3v) is 3.75. The molecule has 0 bridgehead atoms. The van der Waals surface area contributed by atoms with Gasteiger partial charge in [-0.1, -0.05) is 12.1 Å². The molecule has 106 valence electrons. The van der Waals surface area contributed by atoms with Crippen LogP contribution < -0.4 is 4.74 Å². The van der Waals surface area contributed by atoms with Gasteiger partial charge in [0.1, 0.15) is 17.4 Å². The van der Waals surface area contributed by atoms with E-state index < -0.39 is 17.0 Å². The zero-order valence-electron chi connectivity index (χ0n) is 11.5. The van der Waals surface area contributed by atoms with Gasteiger partial charge in [-0.2, -0.15) is 0 Å². The molecule has 2 rings (SSSR count). The molecule has 0 spiro atoms. The Hall–Kier alpha value is -1.61. The summed E-state index contributed by atoms with van der Waals surface area (Å²) >= 11 is 6.33. The average Bonchev–Trinajstić information content (AvgIpc) is 2.42. The number of alkyl halides is 1. The summed E-state index contributed by atoms with van der Waals surface area (Å²) in [6, 6.07) is 7.73. The van der Waals surface area contributed by atoms with E-state index in [9.17, 15) is 8.78 Å². The lowest BCUT2D eigenvalue weighted by atomic mass is 10.00. The van der Waals surface area contributed by atoms with Gasteiger partial charge in [0.15, 0.2) is 0 Å². The van der Waals surface area contributed by atoms with E-state index in [4.69, 9.17) is 16.3 Å². The van der Waals surface area contributed by atoms with Gasteiger partial charge < -0.3 is 4.74 Å². The Morgan fingerprint density at radius 2 is 1.70 bits per heavy atom. The van der Waals surface area contributed by atoms with Crippen molar-refractivity contribution >= 4 is 11.6 Å². The molecule has 0 aliphatic carbocycles. The summed E-state index contributed by atoms with van der Waals surface area (Å²) in [6.07, 6.45) is 0. The molecular weight excluding hydrogens is 282 g/mol. The predicted molar refractivity (Wildman–Crippen MR) is 76.5 cm³/mol.